The molecule has 0 N–H and O–H groups in total. The first kappa shape index (κ1) is 10.2. The van der Waals surface area contributed by atoms with Crippen molar-refractivity contribution in [3.63, 3.8) is 0 Å². The van der Waals surface area contributed by atoms with Crippen LogP contribution < -0.4 is 0 Å². The van der Waals surface area contributed by atoms with Crippen LogP contribution in [0.5, 0.6) is 0 Å². The predicted molar refractivity (Wildman–Crippen MR) is 51.6 cm³/mol. The monoisotopic (exact) mass is 193 g/mol. The van der Waals surface area contributed by atoms with Gasteiger partial charge in [0, 0.05) is 12.4 Å². The van der Waals surface area contributed by atoms with Gasteiger partial charge in [0.2, 0.25) is 0 Å². The van der Waals surface area contributed by atoms with E-state index in [4.69, 9.17) is 0 Å². The van der Waals surface area contributed by atoms with E-state index < -0.39 is 6.16 Å². The molecule has 14 heavy (non-hydrogen) atoms. The summed E-state index contributed by atoms with van der Waals surface area (Å²) >= 11 is 0. The van der Waals surface area contributed by atoms with E-state index in [1.807, 2.05) is 18.2 Å². The molecule has 1 aromatic rings. The fourth-order valence-corrected chi connectivity index (χ4v) is 0.834. The maximum atomic E-state index is 10.5. The van der Waals surface area contributed by atoms with Crippen molar-refractivity contribution in [2.24, 2.45) is 0 Å². The van der Waals surface area contributed by atoms with Gasteiger partial charge in [-0.15, -0.1) is 0 Å². The third-order valence-corrected chi connectivity index (χ3v) is 1.46. The highest BCUT2D eigenvalue weighted by atomic mass is 16.7. The zero-order valence-corrected chi connectivity index (χ0v) is 7.84. The van der Waals surface area contributed by atoms with Gasteiger partial charge in [-0.1, -0.05) is 12.1 Å². The Morgan fingerprint density at radius 1 is 1.64 bits per heavy atom. The molecule has 1 aromatic heterocycles. The van der Waals surface area contributed by atoms with E-state index in [0.717, 1.165) is 5.56 Å². The molecular formula is C10H11NO3. The van der Waals surface area contributed by atoms with Crippen molar-refractivity contribution >= 4 is 12.2 Å². The van der Waals surface area contributed by atoms with Crippen LogP contribution in [0.1, 0.15) is 5.56 Å². The first-order valence-corrected chi connectivity index (χ1v) is 4.10. The number of methoxy groups -OCH3 is 1. The van der Waals surface area contributed by atoms with Crippen molar-refractivity contribution in [2.75, 3.05) is 13.7 Å². The zero-order chi connectivity index (χ0) is 10.2. The number of hydrogen-bond donors (Lipinski definition) is 0. The number of pyridine rings is 1. The van der Waals surface area contributed by atoms with Crippen molar-refractivity contribution in [1.82, 2.24) is 4.98 Å². The Bertz CT molecular complexity index is 308. The Morgan fingerprint density at radius 3 is 3.14 bits per heavy atom. The van der Waals surface area contributed by atoms with Crippen LogP contribution in [0.3, 0.4) is 0 Å². The highest BCUT2D eigenvalue weighted by Gasteiger charge is 1.95. The Labute approximate surface area is 82.2 Å². The molecule has 4 heteroatoms. The van der Waals surface area contributed by atoms with Crippen LogP contribution in [0.25, 0.3) is 6.08 Å². The summed E-state index contributed by atoms with van der Waals surface area (Å²) in [4.78, 5) is 14.5. The summed E-state index contributed by atoms with van der Waals surface area (Å²) in [6.45, 7) is 0.196. The molecule has 0 spiro atoms. The summed E-state index contributed by atoms with van der Waals surface area (Å²) in [6, 6.07) is 3.74. The summed E-state index contributed by atoms with van der Waals surface area (Å²) in [7, 11) is 1.27. The van der Waals surface area contributed by atoms with Gasteiger partial charge in [-0.3, -0.25) is 4.98 Å². The summed E-state index contributed by atoms with van der Waals surface area (Å²) in [5.74, 6) is 0. The second-order valence-corrected chi connectivity index (χ2v) is 2.45. The molecule has 0 radical (unpaired) electrons. The minimum atomic E-state index is -0.680. The Kier molecular flexibility index (Phi) is 4.20. The molecule has 74 valence electrons. The molecule has 1 heterocycles. The molecule has 0 atom stereocenters. The van der Waals surface area contributed by atoms with Crippen molar-refractivity contribution in [3.8, 4) is 0 Å². The fourth-order valence-electron chi connectivity index (χ4n) is 0.834. The summed E-state index contributed by atoms with van der Waals surface area (Å²) in [6.07, 6.45) is 6.27. The van der Waals surface area contributed by atoms with Crippen LogP contribution in [0.15, 0.2) is 30.6 Å². The molecule has 0 aliphatic carbocycles. The largest absolute Gasteiger partial charge is 0.508 e. The number of hydrogen-bond acceptors (Lipinski definition) is 4. The molecule has 0 unspecified atom stereocenters. The van der Waals surface area contributed by atoms with Crippen LogP contribution in [0.2, 0.25) is 0 Å². The van der Waals surface area contributed by atoms with Gasteiger partial charge in [-0.2, -0.15) is 0 Å². The zero-order valence-electron chi connectivity index (χ0n) is 7.84. The fraction of sp³-hybridized carbons (Fsp3) is 0.200. The summed E-state index contributed by atoms with van der Waals surface area (Å²) in [5, 5.41) is 0. The lowest BCUT2D eigenvalue weighted by molar-refractivity contribution is 0.0819. The lowest BCUT2D eigenvalue weighted by atomic mass is 10.3. The molecule has 0 aliphatic rings. The molecule has 0 saturated carbocycles. The van der Waals surface area contributed by atoms with Gasteiger partial charge in [0.15, 0.2) is 0 Å². The van der Waals surface area contributed by atoms with Crippen LogP contribution >= 0.6 is 0 Å². The highest BCUT2D eigenvalue weighted by Crippen LogP contribution is 1.98. The smallest absolute Gasteiger partial charge is 0.438 e. The van der Waals surface area contributed by atoms with Gasteiger partial charge in [0.05, 0.1) is 7.11 Å². The van der Waals surface area contributed by atoms with Crippen LogP contribution in [-0.4, -0.2) is 24.9 Å². The van der Waals surface area contributed by atoms with E-state index in [1.54, 1.807) is 18.5 Å². The number of ether oxygens (including phenoxy) is 2. The van der Waals surface area contributed by atoms with Gasteiger partial charge in [-0.05, 0) is 17.7 Å². The quantitative estimate of drug-likeness (QED) is 0.687. The maximum Gasteiger partial charge on any atom is 0.508 e. The molecular weight excluding hydrogens is 182 g/mol. The summed E-state index contributed by atoms with van der Waals surface area (Å²) in [5.41, 5.74) is 0.959. The van der Waals surface area contributed by atoms with E-state index in [0.29, 0.717) is 0 Å². The summed E-state index contributed by atoms with van der Waals surface area (Å²) < 4.78 is 8.94. The standard InChI is InChI=1S/C10H11NO3/c1-13-10(12)14-7-3-5-9-4-2-6-11-8-9/h2-6,8H,7H2,1H3/b5-3+. The third-order valence-electron chi connectivity index (χ3n) is 1.46. The topological polar surface area (TPSA) is 48.4 Å². The van der Waals surface area contributed by atoms with E-state index in [2.05, 4.69) is 14.5 Å². The number of nitrogens with zero attached hydrogens (tertiary/aromatic N) is 1. The second-order valence-electron chi connectivity index (χ2n) is 2.45. The lowest BCUT2D eigenvalue weighted by Crippen LogP contribution is -2.03. The number of rotatable bonds is 3. The van der Waals surface area contributed by atoms with E-state index >= 15 is 0 Å². The van der Waals surface area contributed by atoms with Crippen molar-refractivity contribution < 1.29 is 14.3 Å². The molecule has 4 nitrogen and oxygen atoms in total. The van der Waals surface area contributed by atoms with Crippen LogP contribution in [-0.2, 0) is 9.47 Å². The molecule has 0 aliphatic heterocycles. The number of carbonyl (C=O) groups is 1. The molecule has 0 bridgehead atoms. The van der Waals surface area contributed by atoms with Gasteiger partial charge < -0.3 is 9.47 Å². The predicted octanol–water partition coefficient (Wildman–Crippen LogP) is 1.88. The normalized spacial score (nSPS) is 10.1. The average molecular weight is 193 g/mol. The third kappa shape index (κ3) is 3.71. The van der Waals surface area contributed by atoms with Crippen molar-refractivity contribution in [2.45, 2.75) is 0 Å². The minimum Gasteiger partial charge on any atom is -0.438 e. The molecule has 0 aromatic carbocycles. The number of carbonyl (C=O) groups excluding carboxylic acids is 1. The van der Waals surface area contributed by atoms with E-state index in [1.165, 1.54) is 7.11 Å². The first-order chi connectivity index (χ1) is 6.83. The van der Waals surface area contributed by atoms with Gasteiger partial charge in [0.1, 0.15) is 6.61 Å². The van der Waals surface area contributed by atoms with Gasteiger partial charge >= 0.3 is 6.16 Å². The first-order valence-electron chi connectivity index (χ1n) is 4.10. The minimum absolute atomic E-state index is 0.196. The Morgan fingerprint density at radius 2 is 2.50 bits per heavy atom. The van der Waals surface area contributed by atoms with Crippen molar-refractivity contribution in [3.05, 3.63) is 36.2 Å². The van der Waals surface area contributed by atoms with E-state index in [9.17, 15) is 4.79 Å². The van der Waals surface area contributed by atoms with E-state index in [-0.39, 0.29) is 6.61 Å². The van der Waals surface area contributed by atoms with Crippen LogP contribution in [0.4, 0.5) is 4.79 Å². The van der Waals surface area contributed by atoms with Crippen molar-refractivity contribution in [1.29, 1.82) is 0 Å². The molecule has 0 amide bonds. The Balaban J connectivity index is 2.31. The molecule has 0 fully saturated rings. The van der Waals surface area contributed by atoms with Gasteiger partial charge in [-0.25, -0.2) is 4.79 Å². The lowest BCUT2D eigenvalue weighted by Gasteiger charge is -1.97. The Hall–Kier alpha value is -1.84. The maximum absolute atomic E-state index is 10.5. The SMILES string of the molecule is COC(=O)OC/C=C/c1cccnc1. The average Bonchev–Trinajstić information content (AvgIpc) is 2.25. The molecule has 1 rings (SSSR count). The van der Waals surface area contributed by atoms with Gasteiger partial charge in [0.25, 0.3) is 0 Å². The second kappa shape index (κ2) is 5.75. The molecule has 0 saturated heterocycles. The number of aromatic nitrogens is 1. The highest BCUT2D eigenvalue weighted by molar-refractivity contribution is 5.60. The van der Waals surface area contributed by atoms with Crippen LogP contribution in [0, 0.1) is 0 Å².